The molecule has 1 fully saturated rings. The van der Waals surface area contributed by atoms with E-state index in [1.807, 2.05) is 22.6 Å². The molecule has 1 N–H and O–H groups in total. The number of esters is 2. The number of halogens is 1. The fourth-order valence-corrected chi connectivity index (χ4v) is 2.53. The third kappa shape index (κ3) is 3.78. The van der Waals surface area contributed by atoms with Crippen molar-refractivity contribution in [2.24, 2.45) is 0 Å². The molecule has 0 radical (unpaired) electrons. The SMILES string of the molecule is CC(=O)O[C@H]1[C@H](OC(C)=O)[C@H](O)C(I)O[C@H]1C. The molecule has 0 aliphatic carbocycles. The molecular weight excluding hydrogens is 343 g/mol. The lowest BCUT2D eigenvalue weighted by Crippen LogP contribution is -2.57. The maximum atomic E-state index is 11.0. The van der Waals surface area contributed by atoms with Crippen LogP contribution in [0.2, 0.25) is 0 Å². The summed E-state index contributed by atoms with van der Waals surface area (Å²) in [7, 11) is 0. The first-order valence-electron chi connectivity index (χ1n) is 5.15. The Morgan fingerprint density at radius 2 is 1.65 bits per heavy atom. The number of alkyl halides is 1. The van der Waals surface area contributed by atoms with Crippen molar-refractivity contribution in [3.63, 3.8) is 0 Å². The minimum Gasteiger partial charge on any atom is -0.456 e. The van der Waals surface area contributed by atoms with Gasteiger partial charge in [-0.15, -0.1) is 0 Å². The fourth-order valence-electron chi connectivity index (χ4n) is 1.66. The van der Waals surface area contributed by atoms with Crippen molar-refractivity contribution in [1.29, 1.82) is 0 Å². The summed E-state index contributed by atoms with van der Waals surface area (Å²) in [5, 5.41) is 9.89. The molecule has 98 valence electrons. The van der Waals surface area contributed by atoms with E-state index < -0.39 is 40.5 Å². The van der Waals surface area contributed by atoms with Crippen LogP contribution in [-0.4, -0.2) is 45.6 Å². The standard InChI is InChI=1S/C10H15IO6/c1-4-8(16-5(2)12)9(17-6(3)13)7(14)10(11)15-4/h4,7-10,14H,1-3H3/t4-,7-,8+,9+,10?/m0/s1. The van der Waals surface area contributed by atoms with Crippen molar-refractivity contribution in [3.05, 3.63) is 0 Å². The van der Waals surface area contributed by atoms with Gasteiger partial charge in [-0.1, -0.05) is 0 Å². The molecule has 1 aliphatic heterocycles. The van der Waals surface area contributed by atoms with Gasteiger partial charge in [-0.2, -0.15) is 0 Å². The molecular formula is C10H15IO6. The Morgan fingerprint density at radius 3 is 2.12 bits per heavy atom. The quantitative estimate of drug-likeness (QED) is 0.437. The molecule has 1 heterocycles. The van der Waals surface area contributed by atoms with Crippen LogP contribution in [0.25, 0.3) is 0 Å². The van der Waals surface area contributed by atoms with E-state index in [-0.39, 0.29) is 0 Å². The summed E-state index contributed by atoms with van der Waals surface area (Å²) < 4.78 is 14.9. The normalized spacial score (nSPS) is 37.4. The predicted octanol–water partition coefficient (Wildman–Crippen LogP) is 0.390. The average Bonchev–Trinajstić information content (AvgIpc) is 2.19. The highest BCUT2D eigenvalue weighted by molar-refractivity contribution is 14.1. The minimum absolute atomic E-state index is 0.450. The highest BCUT2D eigenvalue weighted by Crippen LogP contribution is 2.29. The number of carbonyl (C=O) groups excluding carboxylic acids is 2. The van der Waals surface area contributed by atoms with Crippen molar-refractivity contribution in [2.45, 2.75) is 49.3 Å². The van der Waals surface area contributed by atoms with Gasteiger partial charge in [0, 0.05) is 13.8 Å². The Hall–Kier alpha value is -0.410. The molecule has 7 heteroatoms. The van der Waals surface area contributed by atoms with Gasteiger partial charge in [0.15, 0.2) is 12.2 Å². The molecule has 1 aliphatic rings. The number of aliphatic hydroxyl groups excluding tert-OH is 1. The van der Waals surface area contributed by atoms with Crippen LogP contribution in [-0.2, 0) is 23.8 Å². The third-order valence-electron chi connectivity index (χ3n) is 2.34. The van der Waals surface area contributed by atoms with Crippen LogP contribution >= 0.6 is 22.6 Å². The number of hydrogen-bond acceptors (Lipinski definition) is 6. The maximum Gasteiger partial charge on any atom is 0.303 e. The zero-order valence-electron chi connectivity index (χ0n) is 9.75. The molecule has 0 bridgehead atoms. The lowest BCUT2D eigenvalue weighted by Gasteiger charge is -2.40. The molecule has 0 aromatic rings. The van der Waals surface area contributed by atoms with Gasteiger partial charge in [0.05, 0.1) is 6.10 Å². The first-order valence-corrected chi connectivity index (χ1v) is 6.39. The van der Waals surface area contributed by atoms with Crippen molar-refractivity contribution in [1.82, 2.24) is 0 Å². The number of ether oxygens (including phenoxy) is 3. The Labute approximate surface area is 113 Å². The summed E-state index contributed by atoms with van der Waals surface area (Å²) in [5.41, 5.74) is 0. The number of carbonyl (C=O) groups is 2. The average molecular weight is 358 g/mol. The van der Waals surface area contributed by atoms with E-state index in [9.17, 15) is 14.7 Å². The smallest absolute Gasteiger partial charge is 0.303 e. The van der Waals surface area contributed by atoms with E-state index in [2.05, 4.69) is 0 Å². The Kier molecular flexibility index (Phi) is 5.14. The van der Waals surface area contributed by atoms with E-state index in [0.29, 0.717) is 0 Å². The molecule has 0 aromatic heterocycles. The number of aliphatic hydroxyl groups is 1. The van der Waals surface area contributed by atoms with Gasteiger partial charge in [-0.05, 0) is 29.5 Å². The second-order valence-electron chi connectivity index (χ2n) is 3.83. The van der Waals surface area contributed by atoms with Gasteiger partial charge >= 0.3 is 11.9 Å². The Morgan fingerprint density at radius 1 is 1.18 bits per heavy atom. The van der Waals surface area contributed by atoms with Crippen molar-refractivity contribution >= 4 is 34.5 Å². The molecule has 0 amide bonds. The first kappa shape index (κ1) is 14.7. The van der Waals surface area contributed by atoms with Gasteiger partial charge < -0.3 is 19.3 Å². The summed E-state index contributed by atoms with van der Waals surface area (Å²) in [4.78, 5) is 22.0. The zero-order chi connectivity index (χ0) is 13.2. The highest BCUT2D eigenvalue weighted by Gasteiger charge is 2.46. The lowest BCUT2D eigenvalue weighted by molar-refractivity contribution is -0.218. The van der Waals surface area contributed by atoms with E-state index in [1.165, 1.54) is 13.8 Å². The molecule has 1 saturated heterocycles. The van der Waals surface area contributed by atoms with Crippen LogP contribution in [0.1, 0.15) is 20.8 Å². The maximum absolute atomic E-state index is 11.0. The summed E-state index contributed by atoms with van der Waals surface area (Å²) in [6.07, 6.45) is -3.17. The molecule has 0 spiro atoms. The monoisotopic (exact) mass is 358 g/mol. The molecule has 0 saturated carbocycles. The van der Waals surface area contributed by atoms with Gasteiger partial charge in [-0.25, -0.2) is 0 Å². The fraction of sp³-hybridized carbons (Fsp3) is 0.800. The van der Waals surface area contributed by atoms with E-state index in [1.54, 1.807) is 6.92 Å². The van der Waals surface area contributed by atoms with Crippen LogP contribution in [0, 0.1) is 0 Å². The van der Waals surface area contributed by atoms with Gasteiger partial charge in [0.25, 0.3) is 0 Å². The van der Waals surface area contributed by atoms with Gasteiger partial charge in [0.2, 0.25) is 0 Å². The van der Waals surface area contributed by atoms with Crippen LogP contribution in [0.15, 0.2) is 0 Å². The molecule has 6 nitrogen and oxygen atoms in total. The topological polar surface area (TPSA) is 82.1 Å². The molecule has 1 rings (SSSR count). The Bertz CT molecular complexity index is 307. The summed E-state index contributed by atoms with van der Waals surface area (Å²) >= 11 is 1.90. The lowest BCUT2D eigenvalue weighted by atomic mass is 10.0. The summed E-state index contributed by atoms with van der Waals surface area (Å²) in [5.74, 6) is -1.05. The Balaban J connectivity index is 2.86. The zero-order valence-corrected chi connectivity index (χ0v) is 11.9. The van der Waals surface area contributed by atoms with Crippen LogP contribution in [0.5, 0.6) is 0 Å². The number of rotatable bonds is 2. The van der Waals surface area contributed by atoms with Crippen molar-refractivity contribution in [2.75, 3.05) is 0 Å². The van der Waals surface area contributed by atoms with Gasteiger partial charge in [-0.3, -0.25) is 9.59 Å². The van der Waals surface area contributed by atoms with E-state index in [4.69, 9.17) is 14.2 Å². The summed E-state index contributed by atoms with van der Waals surface area (Å²) in [6.45, 7) is 4.18. The number of hydrogen-bond donors (Lipinski definition) is 1. The molecule has 0 aromatic carbocycles. The molecule has 17 heavy (non-hydrogen) atoms. The van der Waals surface area contributed by atoms with Crippen molar-refractivity contribution in [3.8, 4) is 0 Å². The second kappa shape index (κ2) is 5.96. The molecule has 5 atom stereocenters. The predicted molar refractivity (Wildman–Crippen MR) is 65.5 cm³/mol. The van der Waals surface area contributed by atoms with Crippen LogP contribution in [0.4, 0.5) is 0 Å². The van der Waals surface area contributed by atoms with Crippen LogP contribution < -0.4 is 0 Å². The van der Waals surface area contributed by atoms with E-state index in [0.717, 1.165) is 0 Å². The van der Waals surface area contributed by atoms with E-state index >= 15 is 0 Å². The van der Waals surface area contributed by atoms with Crippen LogP contribution in [0.3, 0.4) is 0 Å². The minimum atomic E-state index is -1.03. The first-order chi connectivity index (χ1) is 7.82. The van der Waals surface area contributed by atoms with Gasteiger partial charge in [0.1, 0.15) is 10.2 Å². The highest BCUT2D eigenvalue weighted by atomic mass is 127. The third-order valence-corrected chi connectivity index (χ3v) is 3.37. The van der Waals surface area contributed by atoms with Crippen molar-refractivity contribution < 1.29 is 28.9 Å². The molecule has 1 unspecified atom stereocenters. The largest absolute Gasteiger partial charge is 0.456 e. The second-order valence-corrected chi connectivity index (χ2v) is 5.06. The summed E-state index contributed by atoms with van der Waals surface area (Å²) in [6, 6.07) is 0.